The summed E-state index contributed by atoms with van der Waals surface area (Å²) < 4.78 is 32.9. The summed E-state index contributed by atoms with van der Waals surface area (Å²) in [5.41, 5.74) is 3.73. The van der Waals surface area contributed by atoms with E-state index in [1.165, 1.54) is 16.8 Å². The molecule has 2 aliphatic heterocycles. The van der Waals surface area contributed by atoms with Gasteiger partial charge < -0.3 is 19.3 Å². The summed E-state index contributed by atoms with van der Waals surface area (Å²) in [7, 11) is 0. The predicted octanol–water partition coefficient (Wildman–Crippen LogP) is 0.858. The second-order valence-electron chi connectivity index (χ2n) is 7.86. The lowest BCUT2D eigenvalue weighted by Crippen LogP contribution is -2.63. The van der Waals surface area contributed by atoms with Gasteiger partial charge in [-0.15, -0.1) is 5.10 Å². The van der Waals surface area contributed by atoms with Gasteiger partial charge in [0.15, 0.2) is 12.4 Å². The first-order chi connectivity index (χ1) is 16.0. The number of aliphatic hydroxyl groups is 1. The number of fused-ring (bicyclic) bond motifs is 1. The van der Waals surface area contributed by atoms with Gasteiger partial charge in [-0.05, 0) is 12.1 Å². The highest BCUT2D eigenvalue weighted by Crippen LogP contribution is 2.39. The number of ether oxygens (including phenoxy) is 3. The van der Waals surface area contributed by atoms with Crippen LogP contribution < -0.4 is 11.3 Å². The Labute approximate surface area is 188 Å². The molecule has 2 saturated heterocycles. The number of nitrogens with zero attached hydrogens (tertiary/aromatic N) is 3. The zero-order valence-corrected chi connectivity index (χ0v) is 17.3. The monoisotopic (exact) mass is 455 g/mol. The van der Waals surface area contributed by atoms with Crippen molar-refractivity contribution in [1.29, 1.82) is 0 Å². The topological polar surface area (TPSA) is 134 Å². The highest BCUT2D eigenvalue weighted by atomic mass is 19.1. The quantitative estimate of drug-likeness (QED) is 0.300. The average Bonchev–Trinajstić information content (AvgIpc) is 3.33. The molecule has 10 nitrogen and oxygen atoms in total. The van der Waals surface area contributed by atoms with Crippen molar-refractivity contribution in [3.8, 4) is 11.3 Å². The number of aliphatic hydroxyl groups excluding tert-OH is 1. The number of carbonyl (C=O) groups is 1. The average molecular weight is 455 g/mol. The van der Waals surface area contributed by atoms with Gasteiger partial charge in [-0.1, -0.05) is 47.7 Å². The number of hydrogen-bond donors (Lipinski definition) is 3. The second-order valence-corrected chi connectivity index (χ2v) is 7.86. The van der Waals surface area contributed by atoms with Gasteiger partial charge in [0.05, 0.1) is 12.8 Å². The van der Waals surface area contributed by atoms with Crippen molar-refractivity contribution < 1.29 is 28.5 Å². The summed E-state index contributed by atoms with van der Waals surface area (Å²) in [6, 6.07) is 14.4. The minimum absolute atomic E-state index is 0.118. The fourth-order valence-corrected chi connectivity index (χ4v) is 4.20. The summed E-state index contributed by atoms with van der Waals surface area (Å²) in [4.78, 5) is 12.3. The van der Waals surface area contributed by atoms with E-state index < -0.39 is 48.5 Å². The molecular formula is C22H22FN5O5. The molecule has 3 heterocycles. The van der Waals surface area contributed by atoms with E-state index in [-0.39, 0.29) is 6.61 Å². The van der Waals surface area contributed by atoms with Gasteiger partial charge in [-0.25, -0.2) is 14.9 Å². The fourth-order valence-electron chi connectivity index (χ4n) is 4.20. The van der Waals surface area contributed by atoms with E-state index in [9.17, 15) is 14.3 Å². The zero-order chi connectivity index (χ0) is 22.9. The number of nitrogens with two attached hydrogens (primary N) is 1. The molecule has 172 valence electrons. The maximum atomic E-state index is 13.7. The maximum absolute atomic E-state index is 13.7. The van der Waals surface area contributed by atoms with E-state index >= 15 is 0 Å². The summed E-state index contributed by atoms with van der Waals surface area (Å²) in [5, 5.41) is 19.4. The summed E-state index contributed by atoms with van der Waals surface area (Å²) in [6.07, 6.45) is -3.16. The van der Waals surface area contributed by atoms with E-state index in [4.69, 9.17) is 20.1 Å². The normalized spacial score (nSPS) is 29.3. The summed E-state index contributed by atoms with van der Waals surface area (Å²) in [6.45, 7) is 0.118. The number of hydrazine groups is 1. The van der Waals surface area contributed by atoms with Gasteiger partial charge in [0, 0.05) is 11.1 Å². The molecule has 5 rings (SSSR count). The van der Waals surface area contributed by atoms with Crippen molar-refractivity contribution in [2.24, 2.45) is 5.84 Å². The first kappa shape index (κ1) is 21.6. The van der Waals surface area contributed by atoms with Crippen LogP contribution in [0, 0.1) is 5.82 Å². The Morgan fingerprint density at radius 3 is 2.76 bits per heavy atom. The highest BCUT2D eigenvalue weighted by Gasteiger charge is 2.52. The van der Waals surface area contributed by atoms with Crippen LogP contribution in [0.15, 0.2) is 60.8 Å². The Morgan fingerprint density at radius 2 is 2.00 bits per heavy atom. The van der Waals surface area contributed by atoms with Crippen molar-refractivity contribution in [3.05, 3.63) is 72.2 Å². The minimum Gasteiger partial charge on any atom is -0.387 e. The molecule has 2 aromatic carbocycles. The first-order valence-corrected chi connectivity index (χ1v) is 10.4. The minimum atomic E-state index is -1.36. The number of halogens is 1. The SMILES string of the molecule is NNC(=O)[C@@H]1O[C@@H]2CO[C@H](c3ccccc3)O[C@@H]2[C@H](n2cc(-c3cccc(F)c3)nn2)[C@H]1O. The third kappa shape index (κ3) is 4.12. The maximum Gasteiger partial charge on any atom is 0.265 e. The highest BCUT2D eigenvalue weighted by molar-refractivity contribution is 5.81. The molecular weight excluding hydrogens is 433 g/mol. The summed E-state index contributed by atoms with van der Waals surface area (Å²) in [5.74, 6) is 4.18. The number of carbonyl (C=O) groups excluding carboxylic acids is 1. The van der Waals surface area contributed by atoms with Crippen molar-refractivity contribution in [3.63, 3.8) is 0 Å². The standard InChI is InChI=1S/C22H22FN5O5/c23-14-8-4-7-13(9-14)15-10-28(27-26-15)17-18(29)20(21(30)25-24)32-16-11-31-22(33-19(16)17)12-5-2-1-3-6-12/h1-10,16-20,22,29H,11,24H2,(H,25,30)/t16-,17-,18-,19+,20-,22+/m1/s1. The summed E-state index contributed by atoms with van der Waals surface area (Å²) >= 11 is 0. The van der Waals surface area contributed by atoms with E-state index in [0.717, 1.165) is 5.56 Å². The van der Waals surface area contributed by atoms with Gasteiger partial charge in [0.25, 0.3) is 5.91 Å². The van der Waals surface area contributed by atoms with Crippen molar-refractivity contribution >= 4 is 5.91 Å². The fraction of sp³-hybridized carbons (Fsp3) is 0.318. The first-order valence-electron chi connectivity index (χ1n) is 10.4. The number of amides is 1. The van der Waals surface area contributed by atoms with Crippen LogP contribution in [-0.4, -0.2) is 57.0 Å². The van der Waals surface area contributed by atoms with Gasteiger partial charge in [-0.2, -0.15) is 0 Å². The van der Waals surface area contributed by atoms with Crippen LogP contribution in [-0.2, 0) is 19.0 Å². The number of benzene rings is 2. The molecule has 11 heteroatoms. The van der Waals surface area contributed by atoms with E-state index in [1.807, 2.05) is 35.8 Å². The molecule has 33 heavy (non-hydrogen) atoms. The Kier molecular flexibility index (Phi) is 5.87. The lowest BCUT2D eigenvalue weighted by atomic mass is 9.91. The molecule has 1 aromatic heterocycles. The van der Waals surface area contributed by atoms with Crippen LogP contribution in [0.3, 0.4) is 0 Å². The van der Waals surface area contributed by atoms with Crippen LogP contribution in [0.25, 0.3) is 11.3 Å². The van der Waals surface area contributed by atoms with E-state index in [1.54, 1.807) is 18.3 Å². The van der Waals surface area contributed by atoms with Crippen molar-refractivity contribution in [2.45, 2.75) is 36.7 Å². The van der Waals surface area contributed by atoms with Crippen LogP contribution in [0.5, 0.6) is 0 Å². The second kappa shape index (κ2) is 8.96. The third-order valence-electron chi connectivity index (χ3n) is 5.79. The van der Waals surface area contributed by atoms with E-state index in [2.05, 4.69) is 10.3 Å². The molecule has 0 bridgehead atoms. The van der Waals surface area contributed by atoms with Crippen molar-refractivity contribution in [1.82, 2.24) is 20.4 Å². The predicted molar refractivity (Wildman–Crippen MR) is 111 cm³/mol. The Morgan fingerprint density at radius 1 is 1.18 bits per heavy atom. The molecule has 0 unspecified atom stereocenters. The smallest absolute Gasteiger partial charge is 0.265 e. The van der Waals surface area contributed by atoms with Crippen LogP contribution in [0.1, 0.15) is 17.9 Å². The molecule has 0 aliphatic carbocycles. The molecule has 6 atom stereocenters. The number of nitrogens with one attached hydrogen (secondary N) is 1. The van der Waals surface area contributed by atoms with Gasteiger partial charge in [0.2, 0.25) is 0 Å². The Balaban J connectivity index is 1.49. The number of hydrogen-bond acceptors (Lipinski definition) is 8. The molecule has 0 radical (unpaired) electrons. The molecule has 3 aromatic rings. The lowest BCUT2D eigenvalue weighted by molar-refractivity contribution is -0.312. The lowest BCUT2D eigenvalue weighted by Gasteiger charge is -2.47. The molecule has 2 fully saturated rings. The zero-order valence-electron chi connectivity index (χ0n) is 17.3. The van der Waals surface area contributed by atoms with Gasteiger partial charge in [0.1, 0.15) is 35.9 Å². The van der Waals surface area contributed by atoms with Gasteiger partial charge in [-0.3, -0.25) is 10.2 Å². The third-order valence-corrected chi connectivity index (χ3v) is 5.79. The van der Waals surface area contributed by atoms with Gasteiger partial charge >= 0.3 is 0 Å². The van der Waals surface area contributed by atoms with E-state index in [0.29, 0.717) is 11.3 Å². The molecule has 1 amide bonds. The van der Waals surface area contributed by atoms with Crippen molar-refractivity contribution in [2.75, 3.05) is 6.61 Å². The Bertz CT molecular complexity index is 1130. The number of aromatic nitrogens is 3. The molecule has 4 N–H and O–H groups in total. The number of rotatable bonds is 4. The van der Waals surface area contributed by atoms with Crippen LogP contribution >= 0.6 is 0 Å². The van der Waals surface area contributed by atoms with Crippen LogP contribution in [0.2, 0.25) is 0 Å². The molecule has 2 aliphatic rings. The largest absolute Gasteiger partial charge is 0.387 e. The van der Waals surface area contributed by atoms with Crippen LogP contribution in [0.4, 0.5) is 4.39 Å². The Hall–Kier alpha value is -3.22. The molecule has 0 spiro atoms. The molecule has 0 saturated carbocycles.